The Kier molecular flexibility index (Phi) is 2.61. The molecule has 2 N–H and O–H groups in total. The summed E-state index contributed by atoms with van der Waals surface area (Å²) >= 11 is 0. The molecule has 17 heavy (non-hydrogen) atoms. The van der Waals surface area contributed by atoms with E-state index in [0.29, 0.717) is 29.7 Å². The van der Waals surface area contributed by atoms with Crippen LogP contribution in [0.15, 0.2) is 18.5 Å². The standard InChI is InChI=1S/C14H18N2O/c15-13-3-4-16-8-11(13)7-14(17)12-6-9-1-2-10(12)5-9/h3-4,8-10,12H,1-2,5-7H2,(H2,15,16). The quantitative estimate of drug-likeness (QED) is 0.866. The van der Waals surface area contributed by atoms with E-state index in [2.05, 4.69) is 4.98 Å². The van der Waals surface area contributed by atoms with Crippen LogP contribution in [0.5, 0.6) is 0 Å². The Bertz CT molecular complexity index is 444. The second kappa shape index (κ2) is 4.13. The zero-order chi connectivity index (χ0) is 11.8. The predicted octanol–water partition coefficient (Wildman–Crippen LogP) is 2.21. The van der Waals surface area contributed by atoms with Gasteiger partial charge in [-0.2, -0.15) is 0 Å². The average molecular weight is 230 g/mol. The highest BCUT2D eigenvalue weighted by Gasteiger charge is 2.42. The number of carbonyl (C=O) groups excluding carboxylic acids is 1. The fourth-order valence-corrected chi connectivity index (χ4v) is 3.54. The van der Waals surface area contributed by atoms with E-state index >= 15 is 0 Å². The molecule has 0 aromatic carbocycles. The lowest BCUT2D eigenvalue weighted by Gasteiger charge is -2.20. The lowest BCUT2D eigenvalue weighted by molar-refractivity contribution is -0.123. The molecule has 1 aromatic rings. The fourth-order valence-electron chi connectivity index (χ4n) is 3.54. The monoisotopic (exact) mass is 230 g/mol. The van der Waals surface area contributed by atoms with Crippen LogP contribution in [0.1, 0.15) is 31.2 Å². The highest BCUT2D eigenvalue weighted by Crippen LogP contribution is 2.48. The van der Waals surface area contributed by atoms with Gasteiger partial charge in [-0.3, -0.25) is 9.78 Å². The van der Waals surface area contributed by atoms with Crippen LogP contribution in [-0.2, 0) is 11.2 Å². The van der Waals surface area contributed by atoms with Gasteiger partial charge in [0.1, 0.15) is 5.78 Å². The van der Waals surface area contributed by atoms with Crippen LogP contribution in [0.3, 0.4) is 0 Å². The predicted molar refractivity (Wildman–Crippen MR) is 66.3 cm³/mol. The molecule has 0 amide bonds. The number of rotatable bonds is 3. The Morgan fingerprint density at radius 2 is 2.29 bits per heavy atom. The van der Waals surface area contributed by atoms with Crippen LogP contribution in [-0.4, -0.2) is 10.8 Å². The molecule has 0 radical (unpaired) electrons. The van der Waals surface area contributed by atoms with Gasteiger partial charge in [0.2, 0.25) is 0 Å². The lowest BCUT2D eigenvalue weighted by atomic mass is 9.83. The van der Waals surface area contributed by atoms with Crippen molar-refractivity contribution < 1.29 is 4.79 Å². The Hall–Kier alpha value is -1.38. The molecule has 0 saturated heterocycles. The Morgan fingerprint density at radius 3 is 2.94 bits per heavy atom. The van der Waals surface area contributed by atoms with E-state index in [0.717, 1.165) is 17.9 Å². The van der Waals surface area contributed by atoms with E-state index in [1.165, 1.54) is 19.3 Å². The minimum absolute atomic E-state index is 0.299. The number of nitrogens with two attached hydrogens (primary N) is 1. The van der Waals surface area contributed by atoms with Crippen molar-refractivity contribution in [2.45, 2.75) is 32.1 Å². The van der Waals surface area contributed by atoms with E-state index < -0.39 is 0 Å². The lowest BCUT2D eigenvalue weighted by Crippen LogP contribution is -2.23. The number of aromatic nitrogens is 1. The third kappa shape index (κ3) is 1.94. The van der Waals surface area contributed by atoms with Crippen molar-refractivity contribution in [2.75, 3.05) is 5.73 Å². The minimum Gasteiger partial charge on any atom is -0.398 e. The highest BCUT2D eigenvalue weighted by atomic mass is 16.1. The molecule has 1 heterocycles. The number of ketones is 1. The number of pyridine rings is 1. The Labute approximate surface area is 101 Å². The molecule has 0 spiro atoms. The Balaban J connectivity index is 1.70. The smallest absolute Gasteiger partial charge is 0.140 e. The van der Waals surface area contributed by atoms with Crippen molar-refractivity contribution in [3.8, 4) is 0 Å². The Morgan fingerprint density at radius 1 is 1.41 bits per heavy atom. The second-order valence-corrected chi connectivity index (χ2v) is 5.50. The van der Waals surface area contributed by atoms with Crippen LogP contribution in [0, 0.1) is 17.8 Å². The van der Waals surface area contributed by atoms with Crippen molar-refractivity contribution in [1.29, 1.82) is 0 Å². The molecule has 2 aliphatic carbocycles. The molecule has 0 aliphatic heterocycles. The third-order valence-corrected chi connectivity index (χ3v) is 4.46. The molecular formula is C14H18N2O. The molecule has 90 valence electrons. The molecule has 2 fully saturated rings. The van der Waals surface area contributed by atoms with E-state index in [9.17, 15) is 4.79 Å². The van der Waals surface area contributed by atoms with Gasteiger partial charge in [-0.1, -0.05) is 6.42 Å². The molecule has 2 saturated carbocycles. The maximum atomic E-state index is 12.3. The van der Waals surface area contributed by atoms with Crippen LogP contribution in [0.4, 0.5) is 5.69 Å². The van der Waals surface area contributed by atoms with Gasteiger partial charge in [0.05, 0.1) is 0 Å². The molecule has 3 atom stereocenters. The minimum atomic E-state index is 0.299. The molecule has 3 nitrogen and oxygen atoms in total. The number of hydrogen-bond donors (Lipinski definition) is 1. The summed E-state index contributed by atoms with van der Waals surface area (Å²) in [6.07, 6.45) is 8.84. The van der Waals surface area contributed by atoms with Crippen molar-refractivity contribution in [3.05, 3.63) is 24.0 Å². The maximum absolute atomic E-state index is 12.3. The van der Waals surface area contributed by atoms with Crippen LogP contribution < -0.4 is 5.73 Å². The van der Waals surface area contributed by atoms with Gasteiger partial charge < -0.3 is 5.73 Å². The SMILES string of the molecule is Nc1ccncc1CC(=O)C1CC2CCC1C2. The van der Waals surface area contributed by atoms with Crippen molar-refractivity contribution in [3.63, 3.8) is 0 Å². The number of hydrogen-bond acceptors (Lipinski definition) is 3. The normalized spacial score (nSPS) is 30.7. The van der Waals surface area contributed by atoms with Gasteiger partial charge in [0, 0.05) is 36.0 Å². The topological polar surface area (TPSA) is 56.0 Å². The van der Waals surface area contributed by atoms with E-state index in [1.807, 2.05) is 0 Å². The van der Waals surface area contributed by atoms with Crippen molar-refractivity contribution in [2.24, 2.45) is 17.8 Å². The summed E-state index contributed by atoms with van der Waals surface area (Å²) in [5.74, 6) is 2.15. The van der Waals surface area contributed by atoms with Crippen LogP contribution in [0.25, 0.3) is 0 Å². The summed E-state index contributed by atoms with van der Waals surface area (Å²) in [5, 5.41) is 0. The molecule has 2 aliphatic rings. The summed E-state index contributed by atoms with van der Waals surface area (Å²) < 4.78 is 0. The number of anilines is 1. The largest absolute Gasteiger partial charge is 0.398 e. The first kappa shape index (κ1) is 10.8. The first-order valence-electron chi connectivity index (χ1n) is 6.45. The van der Waals surface area contributed by atoms with E-state index in [4.69, 9.17) is 5.73 Å². The zero-order valence-electron chi connectivity index (χ0n) is 9.93. The van der Waals surface area contributed by atoms with Gasteiger partial charge in [0.25, 0.3) is 0 Å². The number of Topliss-reactive ketones (excluding diaryl/α,β-unsaturated/α-hetero) is 1. The number of carbonyl (C=O) groups is 1. The summed E-state index contributed by atoms with van der Waals surface area (Å²) in [6.45, 7) is 0. The van der Waals surface area contributed by atoms with Crippen LogP contribution >= 0.6 is 0 Å². The summed E-state index contributed by atoms with van der Waals surface area (Å²) in [7, 11) is 0. The molecule has 3 unspecified atom stereocenters. The summed E-state index contributed by atoms with van der Waals surface area (Å²) in [4.78, 5) is 16.3. The molecule has 3 rings (SSSR count). The third-order valence-electron chi connectivity index (χ3n) is 4.46. The number of fused-ring (bicyclic) bond motifs is 2. The second-order valence-electron chi connectivity index (χ2n) is 5.50. The molecule has 1 aromatic heterocycles. The van der Waals surface area contributed by atoms with Gasteiger partial charge in [-0.05, 0) is 37.2 Å². The van der Waals surface area contributed by atoms with Crippen molar-refractivity contribution >= 4 is 11.5 Å². The molecular weight excluding hydrogens is 212 g/mol. The summed E-state index contributed by atoms with van der Waals surface area (Å²) in [5.41, 5.74) is 7.43. The zero-order valence-corrected chi connectivity index (χ0v) is 9.93. The fraction of sp³-hybridized carbons (Fsp3) is 0.571. The van der Waals surface area contributed by atoms with Crippen LogP contribution in [0.2, 0.25) is 0 Å². The number of nitrogens with zero attached hydrogens (tertiary/aromatic N) is 1. The van der Waals surface area contributed by atoms with Gasteiger partial charge in [-0.25, -0.2) is 0 Å². The number of nitrogen functional groups attached to an aromatic ring is 1. The summed E-state index contributed by atoms with van der Waals surface area (Å²) in [6, 6.07) is 1.77. The average Bonchev–Trinajstić information content (AvgIpc) is 2.94. The first-order chi connectivity index (χ1) is 8.24. The highest BCUT2D eigenvalue weighted by molar-refractivity contribution is 5.85. The van der Waals surface area contributed by atoms with E-state index in [-0.39, 0.29) is 0 Å². The first-order valence-corrected chi connectivity index (χ1v) is 6.45. The van der Waals surface area contributed by atoms with E-state index in [1.54, 1.807) is 18.5 Å². The van der Waals surface area contributed by atoms with Gasteiger partial charge in [0.15, 0.2) is 0 Å². The van der Waals surface area contributed by atoms with Gasteiger partial charge >= 0.3 is 0 Å². The van der Waals surface area contributed by atoms with Gasteiger partial charge in [-0.15, -0.1) is 0 Å². The maximum Gasteiger partial charge on any atom is 0.140 e. The van der Waals surface area contributed by atoms with Crippen molar-refractivity contribution in [1.82, 2.24) is 4.98 Å². The molecule has 3 heteroatoms. The molecule has 2 bridgehead atoms.